The molecule has 102 valence electrons. The van der Waals surface area contributed by atoms with Gasteiger partial charge in [0.25, 0.3) is 0 Å². The first-order chi connectivity index (χ1) is 8.54. The summed E-state index contributed by atoms with van der Waals surface area (Å²) in [5.41, 5.74) is 10.6. The predicted octanol–water partition coefficient (Wildman–Crippen LogP) is -1.64. The molecule has 0 saturated carbocycles. The summed E-state index contributed by atoms with van der Waals surface area (Å²) in [5.74, 6) is -1.06. The van der Waals surface area contributed by atoms with Gasteiger partial charge in [-0.15, -0.1) is 0 Å². The molecule has 0 aromatic rings. The van der Waals surface area contributed by atoms with Gasteiger partial charge in [-0.25, -0.2) is 0 Å². The van der Waals surface area contributed by atoms with Gasteiger partial charge in [-0.2, -0.15) is 0 Å². The molecule has 1 rings (SSSR count). The Labute approximate surface area is 106 Å². The highest BCUT2D eigenvalue weighted by Gasteiger charge is 2.29. The van der Waals surface area contributed by atoms with Crippen molar-refractivity contribution in [3.05, 3.63) is 0 Å². The van der Waals surface area contributed by atoms with E-state index in [0.29, 0.717) is 25.8 Å². The van der Waals surface area contributed by atoms with Crippen molar-refractivity contribution in [3.63, 3.8) is 0 Å². The summed E-state index contributed by atoms with van der Waals surface area (Å²) in [4.78, 5) is 34.0. The third kappa shape index (κ3) is 4.33. The molecule has 1 fully saturated rings. The monoisotopic (exact) mass is 256 g/mol. The molecule has 3 amide bonds. The Morgan fingerprint density at radius 2 is 2.17 bits per heavy atom. The van der Waals surface area contributed by atoms with E-state index in [9.17, 15) is 14.4 Å². The van der Waals surface area contributed by atoms with Crippen molar-refractivity contribution in [2.24, 2.45) is 11.5 Å². The van der Waals surface area contributed by atoms with E-state index in [1.165, 1.54) is 0 Å². The van der Waals surface area contributed by atoms with Crippen molar-refractivity contribution in [1.29, 1.82) is 0 Å². The van der Waals surface area contributed by atoms with Crippen molar-refractivity contribution >= 4 is 17.7 Å². The molecule has 0 aliphatic carbocycles. The van der Waals surface area contributed by atoms with E-state index in [2.05, 4.69) is 10.6 Å². The van der Waals surface area contributed by atoms with Crippen LogP contribution in [0, 0.1) is 0 Å². The van der Waals surface area contributed by atoms with E-state index in [-0.39, 0.29) is 11.8 Å². The quantitative estimate of drug-likeness (QED) is 0.407. The standard InChI is InChI=1S/C11H20N4O3/c12-6-2-1-3-7(10(13)17)15-11(18)8-4-5-9(16)14-8/h7-8H,1-6,12H2,(H2,13,17)(H,14,16)(H,15,18)/t7-,8-/m0/s1. The number of rotatable bonds is 7. The van der Waals surface area contributed by atoms with Crippen LogP contribution in [0.15, 0.2) is 0 Å². The number of nitrogens with two attached hydrogens (primary N) is 2. The summed E-state index contributed by atoms with van der Waals surface area (Å²) >= 11 is 0. The van der Waals surface area contributed by atoms with E-state index in [0.717, 1.165) is 12.8 Å². The lowest BCUT2D eigenvalue weighted by Crippen LogP contribution is -2.50. The molecule has 1 aliphatic rings. The molecule has 1 aliphatic heterocycles. The van der Waals surface area contributed by atoms with Crippen LogP contribution in [-0.4, -0.2) is 36.3 Å². The largest absolute Gasteiger partial charge is 0.368 e. The molecule has 0 aromatic carbocycles. The average molecular weight is 256 g/mol. The van der Waals surface area contributed by atoms with Gasteiger partial charge in [0.15, 0.2) is 0 Å². The van der Waals surface area contributed by atoms with Gasteiger partial charge >= 0.3 is 0 Å². The fourth-order valence-corrected chi connectivity index (χ4v) is 1.86. The molecule has 1 heterocycles. The van der Waals surface area contributed by atoms with Crippen LogP contribution in [-0.2, 0) is 14.4 Å². The molecule has 0 spiro atoms. The normalized spacial score (nSPS) is 20.3. The van der Waals surface area contributed by atoms with Crippen molar-refractivity contribution in [2.75, 3.05) is 6.54 Å². The second-order valence-corrected chi connectivity index (χ2v) is 4.41. The zero-order valence-electron chi connectivity index (χ0n) is 10.3. The zero-order chi connectivity index (χ0) is 13.5. The maximum absolute atomic E-state index is 11.8. The second-order valence-electron chi connectivity index (χ2n) is 4.41. The first kappa shape index (κ1) is 14.4. The van der Waals surface area contributed by atoms with Gasteiger partial charge in [-0.1, -0.05) is 0 Å². The van der Waals surface area contributed by atoms with Crippen LogP contribution in [0.5, 0.6) is 0 Å². The number of primary amides is 1. The smallest absolute Gasteiger partial charge is 0.243 e. The first-order valence-electron chi connectivity index (χ1n) is 6.13. The van der Waals surface area contributed by atoms with Gasteiger partial charge in [0.2, 0.25) is 17.7 Å². The minimum Gasteiger partial charge on any atom is -0.368 e. The van der Waals surface area contributed by atoms with Crippen LogP contribution >= 0.6 is 0 Å². The molecule has 0 bridgehead atoms. The highest BCUT2D eigenvalue weighted by atomic mass is 16.2. The van der Waals surface area contributed by atoms with E-state index < -0.39 is 18.0 Å². The Balaban J connectivity index is 2.42. The van der Waals surface area contributed by atoms with Crippen LogP contribution in [0.1, 0.15) is 32.1 Å². The van der Waals surface area contributed by atoms with Crippen LogP contribution in [0.4, 0.5) is 0 Å². The molecule has 7 nitrogen and oxygen atoms in total. The van der Waals surface area contributed by atoms with Crippen molar-refractivity contribution < 1.29 is 14.4 Å². The number of hydrogen-bond donors (Lipinski definition) is 4. The Morgan fingerprint density at radius 1 is 1.44 bits per heavy atom. The van der Waals surface area contributed by atoms with Gasteiger partial charge in [0, 0.05) is 6.42 Å². The van der Waals surface area contributed by atoms with Gasteiger partial charge in [0.1, 0.15) is 12.1 Å². The number of carbonyl (C=O) groups is 3. The fraction of sp³-hybridized carbons (Fsp3) is 0.727. The molecule has 0 unspecified atom stereocenters. The van der Waals surface area contributed by atoms with E-state index >= 15 is 0 Å². The highest BCUT2D eigenvalue weighted by Crippen LogP contribution is 2.08. The summed E-state index contributed by atoms with van der Waals surface area (Å²) in [5, 5.41) is 5.11. The number of amides is 3. The van der Waals surface area contributed by atoms with Crippen LogP contribution in [0.2, 0.25) is 0 Å². The highest BCUT2D eigenvalue weighted by molar-refractivity contribution is 5.93. The van der Waals surface area contributed by atoms with Gasteiger partial charge in [0.05, 0.1) is 0 Å². The number of hydrogen-bond acceptors (Lipinski definition) is 4. The molecule has 2 atom stereocenters. The molecule has 1 saturated heterocycles. The maximum Gasteiger partial charge on any atom is 0.243 e. The molecule has 0 radical (unpaired) electrons. The summed E-state index contributed by atoms with van der Waals surface area (Å²) in [6, 6.07) is -1.24. The molecule has 0 aromatic heterocycles. The molecular formula is C11H20N4O3. The third-order valence-electron chi connectivity index (χ3n) is 2.92. The summed E-state index contributed by atoms with van der Waals surface area (Å²) in [7, 11) is 0. The van der Waals surface area contributed by atoms with Gasteiger partial charge in [-0.3, -0.25) is 14.4 Å². The number of carbonyl (C=O) groups excluding carboxylic acids is 3. The Kier molecular flexibility index (Phi) is 5.57. The Hall–Kier alpha value is -1.63. The zero-order valence-corrected chi connectivity index (χ0v) is 10.3. The minimum absolute atomic E-state index is 0.145. The van der Waals surface area contributed by atoms with E-state index in [1.54, 1.807) is 0 Å². The lowest BCUT2D eigenvalue weighted by molar-refractivity contribution is -0.129. The average Bonchev–Trinajstić information content (AvgIpc) is 2.74. The number of unbranched alkanes of at least 4 members (excludes halogenated alkanes) is 1. The maximum atomic E-state index is 11.8. The topological polar surface area (TPSA) is 127 Å². The summed E-state index contributed by atoms with van der Waals surface area (Å²) < 4.78 is 0. The van der Waals surface area contributed by atoms with Crippen LogP contribution in [0.25, 0.3) is 0 Å². The first-order valence-corrected chi connectivity index (χ1v) is 6.13. The van der Waals surface area contributed by atoms with Gasteiger partial charge < -0.3 is 22.1 Å². The summed E-state index contributed by atoms with van der Waals surface area (Å²) in [6.45, 7) is 0.540. The van der Waals surface area contributed by atoms with Crippen molar-refractivity contribution in [2.45, 2.75) is 44.2 Å². The minimum atomic E-state index is -0.693. The van der Waals surface area contributed by atoms with E-state index in [4.69, 9.17) is 11.5 Å². The second kappa shape index (κ2) is 6.95. The predicted molar refractivity (Wildman–Crippen MR) is 65.2 cm³/mol. The lowest BCUT2D eigenvalue weighted by Gasteiger charge is -2.18. The summed E-state index contributed by atoms with van der Waals surface area (Å²) in [6.07, 6.45) is 2.77. The van der Waals surface area contributed by atoms with Crippen LogP contribution < -0.4 is 22.1 Å². The molecule has 7 heteroatoms. The molecule has 6 N–H and O–H groups in total. The van der Waals surface area contributed by atoms with Crippen LogP contribution in [0.3, 0.4) is 0 Å². The fourth-order valence-electron chi connectivity index (χ4n) is 1.86. The number of nitrogens with one attached hydrogen (secondary N) is 2. The SMILES string of the molecule is NCCCC[C@H](NC(=O)[C@@H]1CCC(=O)N1)C(N)=O. The van der Waals surface area contributed by atoms with Crippen molar-refractivity contribution in [1.82, 2.24) is 10.6 Å². The Bertz CT molecular complexity index is 332. The van der Waals surface area contributed by atoms with E-state index in [1.807, 2.05) is 0 Å². The molecule has 18 heavy (non-hydrogen) atoms. The Morgan fingerprint density at radius 3 is 2.67 bits per heavy atom. The lowest BCUT2D eigenvalue weighted by atomic mass is 10.1. The van der Waals surface area contributed by atoms with Crippen molar-refractivity contribution in [3.8, 4) is 0 Å². The third-order valence-corrected chi connectivity index (χ3v) is 2.92. The molecular weight excluding hydrogens is 236 g/mol. The van der Waals surface area contributed by atoms with Gasteiger partial charge in [-0.05, 0) is 32.2 Å².